The van der Waals surface area contributed by atoms with Gasteiger partial charge < -0.3 is 42.6 Å². The lowest BCUT2D eigenvalue weighted by Crippen LogP contribution is -2.60. The van der Waals surface area contributed by atoms with Crippen LogP contribution in [0.4, 0.5) is 0 Å². The fraction of sp³-hybridized carbons (Fsp3) is 0.345. The number of rotatable bonds is 15. The first-order chi connectivity index (χ1) is 20.0. The van der Waals surface area contributed by atoms with Gasteiger partial charge in [0.15, 0.2) is 0 Å². The highest BCUT2D eigenvalue weighted by molar-refractivity contribution is 5.95. The van der Waals surface area contributed by atoms with Gasteiger partial charge in [-0.05, 0) is 30.5 Å². The SMILES string of the molecule is CC(O)C(NC(=O)C(N)CCC(N)=O)C(=O)NC(Cc1ccccc1)C(=O)NC(Cc1c[nH]c2ccccc12)C(=O)O. The number of aliphatic hydroxyl groups is 1. The summed E-state index contributed by atoms with van der Waals surface area (Å²) in [7, 11) is 0. The number of H-pyrrole nitrogens is 1. The molecule has 3 rings (SSSR count). The van der Waals surface area contributed by atoms with Crippen LogP contribution in [0.1, 0.15) is 30.9 Å². The molecule has 1 aromatic heterocycles. The third-order valence-corrected chi connectivity index (χ3v) is 6.73. The fourth-order valence-corrected chi connectivity index (χ4v) is 4.41. The molecule has 3 aromatic rings. The number of para-hydroxylation sites is 1. The largest absolute Gasteiger partial charge is 0.480 e. The smallest absolute Gasteiger partial charge is 0.326 e. The first kappa shape index (κ1) is 31.8. The summed E-state index contributed by atoms with van der Waals surface area (Å²) in [6, 6.07) is 10.8. The van der Waals surface area contributed by atoms with Gasteiger partial charge >= 0.3 is 5.97 Å². The number of carbonyl (C=O) groups is 5. The van der Waals surface area contributed by atoms with Gasteiger partial charge in [-0.25, -0.2) is 4.79 Å². The predicted octanol–water partition coefficient (Wildman–Crippen LogP) is -0.534. The molecule has 0 saturated heterocycles. The maximum absolute atomic E-state index is 13.5. The van der Waals surface area contributed by atoms with Crippen LogP contribution >= 0.6 is 0 Å². The molecule has 5 atom stereocenters. The molecular formula is C29H36N6O7. The number of fused-ring (bicyclic) bond motifs is 1. The van der Waals surface area contributed by atoms with Crippen molar-refractivity contribution in [1.29, 1.82) is 0 Å². The molecule has 5 unspecified atom stereocenters. The van der Waals surface area contributed by atoms with Crippen molar-refractivity contribution < 1.29 is 34.2 Å². The van der Waals surface area contributed by atoms with Crippen LogP contribution in [-0.4, -0.2) is 75.1 Å². The Morgan fingerprint density at radius 2 is 1.50 bits per heavy atom. The summed E-state index contributed by atoms with van der Waals surface area (Å²) < 4.78 is 0. The van der Waals surface area contributed by atoms with Crippen molar-refractivity contribution in [2.24, 2.45) is 11.5 Å². The predicted molar refractivity (Wildman–Crippen MR) is 154 cm³/mol. The monoisotopic (exact) mass is 580 g/mol. The van der Waals surface area contributed by atoms with Gasteiger partial charge in [0, 0.05) is 36.4 Å². The first-order valence-corrected chi connectivity index (χ1v) is 13.4. The number of aromatic nitrogens is 1. The van der Waals surface area contributed by atoms with Gasteiger partial charge in [0.2, 0.25) is 23.6 Å². The van der Waals surface area contributed by atoms with Crippen molar-refractivity contribution >= 4 is 40.5 Å². The lowest BCUT2D eigenvalue weighted by Gasteiger charge is -2.26. The van der Waals surface area contributed by atoms with Gasteiger partial charge in [0.25, 0.3) is 0 Å². The minimum Gasteiger partial charge on any atom is -0.480 e. The highest BCUT2D eigenvalue weighted by Gasteiger charge is 2.33. The molecule has 4 amide bonds. The van der Waals surface area contributed by atoms with Crippen LogP contribution in [0.25, 0.3) is 10.9 Å². The molecule has 0 saturated carbocycles. The van der Waals surface area contributed by atoms with E-state index in [1.165, 1.54) is 6.92 Å². The third-order valence-electron chi connectivity index (χ3n) is 6.73. The van der Waals surface area contributed by atoms with E-state index in [4.69, 9.17) is 11.5 Å². The number of carbonyl (C=O) groups excluding carboxylic acids is 4. The molecule has 0 aliphatic heterocycles. The van der Waals surface area contributed by atoms with Gasteiger partial charge in [0.05, 0.1) is 12.1 Å². The zero-order valence-electron chi connectivity index (χ0n) is 23.1. The molecule has 1 heterocycles. The molecular weight excluding hydrogens is 544 g/mol. The van der Waals surface area contributed by atoms with Gasteiger partial charge in [-0.3, -0.25) is 19.2 Å². The summed E-state index contributed by atoms with van der Waals surface area (Å²) in [5.41, 5.74) is 13.1. The maximum Gasteiger partial charge on any atom is 0.326 e. The Bertz CT molecular complexity index is 1410. The number of aliphatic hydroxyl groups excluding tert-OH is 1. The lowest BCUT2D eigenvalue weighted by molar-refractivity contribution is -0.142. The molecule has 0 aliphatic rings. The van der Waals surface area contributed by atoms with Gasteiger partial charge in [-0.1, -0.05) is 48.5 Å². The summed E-state index contributed by atoms with van der Waals surface area (Å²) in [5.74, 6) is -4.38. The van der Waals surface area contributed by atoms with Gasteiger partial charge in [0.1, 0.15) is 18.1 Å². The van der Waals surface area contributed by atoms with E-state index in [-0.39, 0.29) is 25.7 Å². The highest BCUT2D eigenvalue weighted by atomic mass is 16.4. The van der Waals surface area contributed by atoms with E-state index in [0.717, 1.165) is 10.9 Å². The standard InChI is InChI=1S/C29H36N6O7/c1-16(36)25(35-26(38)20(30)11-12-24(31)37)28(40)33-22(13-17-7-3-2-4-8-17)27(39)34-23(29(41)42)14-18-15-32-21-10-6-5-9-19(18)21/h2-10,15-16,20,22-23,25,32,36H,11-14,30H2,1H3,(H2,31,37)(H,33,40)(H,34,39)(H,35,38)(H,41,42). The number of carboxylic acids is 1. The average molecular weight is 581 g/mol. The second kappa shape index (κ2) is 14.8. The lowest BCUT2D eigenvalue weighted by atomic mass is 10.0. The number of benzene rings is 2. The van der Waals surface area contributed by atoms with E-state index in [9.17, 15) is 34.2 Å². The van der Waals surface area contributed by atoms with Crippen LogP contribution in [0.3, 0.4) is 0 Å². The fourth-order valence-electron chi connectivity index (χ4n) is 4.41. The molecule has 2 aromatic carbocycles. The number of aromatic amines is 1. The normalized spacial score (nSPS) is 14.6. The third kappa shape index (κ3) is 8.88. The Morgan fingerprint density at radius 3 is 2.14 bits per heavy atom. The number of aliphatic carboxylic acids is 1. The molecule has 0 radical (unpaired) electrons. The number of amides is 4. The molecule has 13 nitrogen and oxygen atoms in total. The molecule has 0 bridgehead atoms. The summed E-state index contributed by atoms with van der Waals surface area (Å²) in [6.07, 6.45) is 0.0547. The number of primary amides is 1. The topological polar surface area (TPSA) is 230 Å². The zero-order valence-corrected chi connectivity index (χ0v) is 23.1. The van der Waals surface area contributed by atoms with Gasteiger partial charge in [-0.15, -0.1) is 0 Å². The van der Waals surface area contributed by atoms with E-state index >= 15 is 0 Å². The summed E-state index contributed by atoms with van der Waals surface area (Å²) in [6.45, 7) is 1.27. The van der Waals surface area contributed by atoms with E-state index in [1.807, 2.05) is 24.3 Å². The van der Waals surface area contributed by atoms with Crippen molar-refractivity contribution in [3.8, 4) is 0 Å². The molecule has 0 aliphatic carbocycles. The Morgan fingerprint density at radius 1 is 0.857 bits per heavy atom. The van der Waals surface area contributed by atoms with Crippen molar-refractivity contribution in [3.05, 3.63) is 71.9 Å². The molecule has 0 fully saturated rings. The van der Waals surface area contributed by atoms with Crippen molar-refractivity contribution in [2.45, 2.75) is 62.9 Å². The van der Waals surface area contributed by atoms with Crippen LogP contribution in [-0.2, 0) is 36.8 Å². The van der Waals surface area contributed by atoms with Crippen LogP contribution in [0, 0.1) is 0 Å². The number of carboxylic acid groups (broad SMARTS) is 1. The van der Waals surface area contributed by atoms with Crippen molar-refractivity contribution in [2.75, 3.05) is 0 Å². The Hall–Kier alpha value is -4.75. The van der Waals surface area contributed by atoms with Crippen molar-refractivity contribution in [3.63, 3.8) is 0 Å². The summed E-state index contributed by atoms with van der Waals surface area (Å²) in [5, 5.41) is 28.4. The molecule has 13 heteroatoms. The van der Waals surface area contributed by atoms with Crippen LogP contribution in [0.5, 0.6) is 0 Å². The Kier molecular flexibility index (Phi) is 11.2. The van der Waals surface area contributed by atoms with E-state index in [1.54, 1.807) is 36.5 Å². The number of hydrogen-bond acceptors (Lipinski definition) is 7. The van der Waals surface area contributed by atoms with E-state index in [2.05, 4.69) is 20.9 Å². The zero-order chi connectivity index (χ0) is 30.8. The number of hydrogen-bond donors (Lipinski definition) is 8. The second-order valence-electron chi connectivity index (χ2n) is 10.1. The average Bonchev–Trinajstić information content (AvgIpc) is 3.36. The molecule has 0 spiro atoms. The van der Waals surface area contributed by atoms with Gasteiger partial charge in [-0.2, -0.15) is 0 Å². The molecule has 224 valence electrons. The summed E-state index contributed by atoms with van der Waals surface area (Å²) >= 11 is 0. The Balaban J connectivity index is 1.78. The quantitative estimate of drug-likeness (QED) is 0.116. The Labute approximate surface area is 242 Å². The first-order valence-electron chi connectivity index (χ1n) is 13.4. The number of nitrogens with two attached hydrogens (primary N) is 2. The minimum absolute atomic E-state index is 0.00353. The van der Waals surface area contributed by atoms with E-state index < -0.39 is 59.9 Å². The minimum atomic E-state index is -1.50. The second-order valence-corrected chi connectivity index (χ2v) is 10.1. The highest BCUT2D eigenvalue weighted by Crippen LogP contribution is 2.19. The van der Waals surface area contributed by atoms with Crippen LogP contribution in [0.2, 0.25) is 0 Å². The summed E-state index contributed by atoms with van der Waals surface area (Å²) in [4.78, 5) is 65.4. The number of nitrogens with one attached hydrogen (secondary N) is 4. The van der Waals surface area contributed by atoms with Crippen LogP contribution in [0.15, 0.2) is 60.8 Å². The van der Waals surface area contributed by atoms with E-state index in [0.29, 0.717) is 11.1 Å². The van der Waals surface area contributed by atoms with Crippen molar-refractivity contribution in [1.82, 2.24) is 20.9 Å². The van der Waals surface area contributed by atoms with Crippen LogP contribution < -0.4 is 27.4 Å². The maximum atomic E-state index is 13.5. The molecule has 10 N–H and O–H groups in total. The molecule has 42 heavy (non-hydrogen) atoms.